The third-order valence-electron chi connectivity index (χ3n) is 10.2. The molecule has 0 saturated heterocycles. The molecule has 0 aromatic heterocycles. The van der Waals surface area contributed by atoms with Crippen LogP contribution in [0.4, 0.5) is 0 Å². The van der Waals surface area contributed by atoms with E-state index in [1.54, 1.807) is 0 Å². The summed E-state index contributed by atoms with van der Waals surface area (Å²) in [5, 5.41) is 5.48. The number of rotatable bonds is 6. The van der Waals surface area contributed by atoms with Crippen molar-refractivity contribution in [3.63, 3.8) is 0 Å². The van der Waals surface area contributed by atoms with Crippen LogP contribution in [-0.4, -0.2) is 3.21 Å². The van der Waals surface area contributed by atoms with Gasteiger partial charge in [-0.3, -0.25) is 6.08 Å². The average molecular weight is 853 g/mol. The van der Waals surface area contributed by atoms with Crippen LogP contribution < -0.4 is 0 Å². The summed E-state index contributed by atoms with van der Waals surface area (Å²) in [7, 11) is 0. The topological polar surface area (TPSA) is 0 Å². The number of fused-ring (bicyclic) bond motifs is 3. The summed E-state index contributed by atoms with van der Waals surface area (Å²) in [5.74, 6) is 0.567. The van der Waals surface area contributed by atoms with Gasteiger partial charge in [0.15, 0.2) is 0 Å². The summed E-state index contributed by atoms with van der Waals surface area (Å²) < 4.78 is 1.53. The van der Waals surface area contributed by atoms with Gasteiger partial charge < -0.3 is 0 Å². The van der Waals surface area contributed by atoms with Gasteiger partial charge in [0.2, 0.25) is 0 Å². The predicted molar refractivity (Wildman–Crippen MR) is 245 cm³/mol. The summed E-state index contributed by atoms with van der Waals surface area (Å²) in [6.45, 7) is 13.6. The zero-order valence-corrected chi connectivity index (χ0v) is 37.6. The average Bonchev–Trinajstić information content (AvgIpc) is 3.88. The number of hydrogen-bond acceptors (Lipinski definition) is 0. The van der Waals surface area contributed by atoms with Gasteiger partial charge in [-0.25, -0.2) is 12.2 Å². The summed E-state index contributed by atoms with van der Waals surface area (Å²) >= 11 is 1.47. The minimum atomic E-state index is 0. The normalized spacial score (nSPS) is 12.0. The molecular formula is C53H54Cl2Zr. The Bertz CT molecular complexity index is 2080. The Hall–Kier alpha value is -4.00. The fraction of sp³-hybridized carbons (Fsp3) is 0.208. The zero-order chi connectivity index (χ0) is 38.1. The van der Waals surface area contributed by atoms with Gasteiger partial charge >= 0.3 is 183 Å². The molecule has 0 saturated carbocycles. The van der Waals surface area contributed by atoms with Crippen molar-refractivity contribution in [1.29, 1.82) is 0 Å². The molecule has 8 rings (SSSR count). The second-order valence-electron chi connectivity index (χ2n) is 16.2. The number of allylic oxidation sites excluding steroid dienone is 4. The van der Waals surface area contributed by atoms with E-state index in [2.05, 4.69) is 217 Å². The van der Waals surface area contributed by atoms with Crippen LogP contribution in [0.3, 0.4) is 0 Å². The van der Waals surface area contributed by atoms with Crippen LogP contribution in [0.2, 0.25) is 0 Å². The minimum absolute atomic E-state index is 0. The summed E-state index contributed by atoms with van der Waals surface area (Å²) in [4.78, 5) is 0. The van der Waals surface area contributed by atoms with Crippen molar-refractivity contribution < 1.29 is 24.2 Å². The molecule has 7 aromatic rings. The standard InChI is InChI=1S/C27H22.C21H25.C5H5.2ClH.Zr/c1-5-13-22(14-6-1)26(23-15-7-2-8-16-23)21-27(24-17-9-3-10-18-24)25-19-11-4-12-20-25;1-20(2,3)16-7-9-18-14(12-16)11-15-13-17(21(4,5)6)8-10-19(15)18;1-2-4-5-3-1;;;/h1-20,26-27H;7-13H,1-6H3;1-3H,4H2;2*1H;/q;2*-1;;;+2. The monoisotopic (exact) mass is 850 g/mol. The van der Waals surface area contributed by atoms with E-state index >= 15 is 0 Å². The molecule has 0 aliphatic heterocycles. The van der Waals surface area contributed by atoms with E-state index in [0.29, 0.717) is 0 Å². The van der Waals surface area contributed by atoms with Gasteiger partial charge in [0, 0.05) is 0 Å². The predicted octanol–water partition coefficient (Wildman–Crippen LogP) is 14.8. The molecule has 0 heterocycles. The fourth-order valence-electron chi connectivity index (χ4n) is 7.15. The van der Waals surface area contributed by atoms with Crippen LogP contribution in [0.25, 0.3) is 21.5 Å². The quantitative estimate of drug-likeness (QED) is 0.146. The Balaban J connectivity index is 0.000000220. The molecule has 0 spiro atoms. The molecular weight excluding hydrogens is 799 g/mol. The van der Waals surface area contributed by atoms with Crippen LogP contribution in [0, 0.1) is 6.08 Å². The number of benzene rings is 6. The maximum atomic E-state index is 2.99. The maximum absolute atomic E-state index is 2.99. The first-order chi connectivity index (χ1) is 26.0. The Morgan fingerprint density at radius 2 is 0.857 bits per heavy atom. The van der Waals surface area contributed by atoms with Crippen molar-refractivity contribution in [3.05, 3.63) is 221 Å². The molecule has 0 atom stereocenters. The van der Waals surface area contributed by atoms with Crippen molar-refractivity contribution in [3.8, 4) is 0 Å². The molecule has 0 N–H and O–H groups in total. The van der Waals surface area contributed by atoms with Gasteiger partial charge in [0.25, 0.3) is 0 Å². The number of halogens is 2. The molecule has 3 heteroatoms. The fourth-order valence-corrected chi connectivity index (χ4v) is 8.79. The Morgan fingerprint density at radius 1 is 0.518 bits per heavy atom. The van der Waals surface area contributed by atoms with Crippen molar-refractivity contribution in [2.24, 2.45) is 0 Å². The molecule has 0 fully saturated rings. The van der Waals surface area contributed by atoms with E-state index in [1.807, 2.05) is 12.2 Å². The molecule has 7 aromatic carbocycles. The molecule has 0 unspecified atom stereocenters. The van der Waals surface area contributed by atoms with Gasteiger partial charge in [0.05, 0.1) is 0 Å². The molecule has 0 amide bonds. The van der Waals surface area contributed by atoms with Crippen LogP contribution in [0.1, 0.15) is 93.2 Å². The number of hydrogen-bond donors (Lipinski definition) is 0. The van der Waals surface area contributed by atoms with Gasteiger partial charge in [0.1, 0.15) is 0 Å². The van der Waals surface area contributed by atoms with E-state index in [-0.39, 0.29) is 47.5 Å². The van der Waals surface area contributed by atoms with Crippen LogP contribution in [0.15, 0.2) is 182 Å². The molecule has 0 nitrogen and oxygen atoms in total. The molecule has 0 radical (unpaired) electrons. The van der Waals surface area contributed by atoms with E-state index < -0.39 is 0 Å². The molecule has 0 bridgehead atoms. The summed E-state index contributed by atoms with van der Waals surface area (Å²) in [5.41, 5.74) is 8.65. The second kappa shape index (κ2) is 20.4. The van der Waals surface area contributed by atoms with E-state index in [4.69, 9.17) is 0 Å². The zero-order valence-electron chi connectivity index (χ0n) is 33.5. The first kappa shape index (κ1) is 44.7. The summed E-state index contributed by atoms with van der Waals surface area (Å²) in [6.07, 6.45) is 10.0. The van der Waals surface area contributed by atoms with Crippen molar-refractivity contribution in [2.75, 3.05) is 0 Å². The van der Waals surface area contributed by atoms with E-state index in [9.17, 15) is 0 Å². The summed E-state index contributed by atoms with van der Waals surface area (Å²) in [6, 6.07) is 59.8. The Labute approximate surface area is 363 Å². The Morgan fingerprint density at radius 3 is 1.11 bits per heavy atom. The first-order valence-electron chi connectivity index (χ1n) is 19.1. The van der Waals surface area contributed by atoms with Crippen molar-refractivity contribution in [1.82, 2.24) is 0 Å². The van der Waals surface area contributed by atoms with Gasteiger partial charge in [-0.05, 0) is 10.8 Å². The molecule has 1 aliphatic rings. The van der Waals surface area contributed by atoms with Crippen LogP contribution in [0.5, 0.6) is 0 Å². The van der Waals surface area contributed by atoms with E-state index in [0.717, 1.165) is 6.42 Å². The van der Waals surface area contributed by atoms with Gasteiger partial charge in [-0.1, -0.05) is 76.9 Å². The molecule has 56 heavy (non-hydrogen) atoms. The van der Waals surface area contributed by atoms with Gasteiger partial charge in [-0.15, -0.1) is 71.0 Å². The Kier molecular flexibility index (Phi) is 16.3. The molecule has 284 valence electrons. The van der Waals surface area contributed by atoms with Crippen LogP contribution >= 0.6 is 24.8 Å². The van der Waals surface area contributed by atoms with Crippen LogP contribution in [-0.2, 0) is 35.1 Å². The van der Waals surface area contributed by atoms with Crippen molar-refractivity contribution >= 4 is 49.6 Å². The third kappa shape index (κ3) is 11.3. The van der Waals surface area contributed by atoms with Crippen molar-refractivity contribution in [2.45, 2.75) is 70.6 Å². The van der Waals surface area contributed by atoms with Gasteiger partial charge in [-0.2, -0.15) is 6.08 Å². The SMILES string of the molecule is CC(C)(C)c1ccc2c(c1)[cH-]c1cc(C(C)(C)C)ccc12.Cl.Cl.[C-]1=CC=CC1.[Zr+2]=[C](C(c1ccccc1)c1ccccc1)C(c1ccccc1)c1ccccc1. The molecule has 1 aliphatic carbocycles. The second-order valence-corrected chi connectivity index (χ2v) is 17.6. The third-order valence-corrected chi connectivity index (χ3v) is 11.6. The first-order valence-corrected chi connectivity index (χ1v) is 20.4. The van der Waals surface area contributed by atoms with E-state index in [1.165, 1.54) is 82.4 Å².